The zero-order chi connectivity index (χ0) is 16.0. The van der Waals surface area contributed by atoms with E-state index in [-0.39, 0.29) is 6.10 Å². The van der Waals surface area contributed by atoms with Gasteiger partial charge in [-0.15, -0.1) is 0 Å². The summed E-state index contributed by atoms with van der Waals surface area (Å²) in [6.45, 7) is 4.53. The van der Waals surface area contributed by atoms with Crippen LogP contribution in [0.2, 0.25) is 0 Å². The van der Waals surface area contributed by atoms with Crippen molar-refractivity contribution in [2.45, 2.75) is 32.5 Å². The first kappa shape index (κ1) is 16.8. The molecular formula is C14H20N2O5. The van der Waals surface area contributed by atoms with E-state index in [1.54, 1.807) is 24.3 Å². The largest absolute Gasteiger partial charge is 0.491 e. The molecule has 1 aromatic carbocycles. The summed E-state index contributed by atoms with van der Waals surface area (Å²) in [6, 6.07) is 6.14. The van der Waals surface area contributed by atoms with Crippen molar-refractivity contribution in [3.8, 4) is 5.75 Å². The van der Waals surface area contributed by atoms with Crippen LogP contribution in [-0.4, -0.2) is 40.5 Å². The van der Waals surface area contributed by atoms with E-state index in [0.29, 0.717) is 11.4 Å². The lowest BCUT2D eigenvalue weighted by atomic mass is 10.1. The Kier molecular flexibility index (Phi) is 5.54. The molecule has 0 aromatic heterocycles. The minimum atomic E-state index is -2.01. The number of nitrogens with one attached hydrogen (secondary N) is 2. The maximum atomic E-state index is 11.6. The van der Waals surface area contributed by atoms with Crippen LogP contribution in [0.15, 0.2) is 24.3 Å². The van der Waals surface area contributed by atoms with Crippen molar-refractivity contribution in [1.82, 2.24) is 5.32 Å². The van der Waals surface area contributed by atoms with Crippen LogP contribution in [0.25, 0.3) is 0 Å². The molecule has 0 fully saturated rings. The summed E-state index contributed by atoms with van der Waals surface area (Å²) in [7, 11) is 0. The Morgan fingerprint density at radius 3 is 2.33 bits per heavy atom. The van der Waals surface area contributed by atoms with Gasteiger partial charge in [-0.2, -0.15) is 0 Å². The van der Waals surface area contributed by atoms with Crippen LogP contribution in [0.5, 0.6) is 5.75 Å². The summed E-state index contributed by atoms with van der Waals surface area (Å²) in [5, 5.41) is 23.0. The van der Waals surface area contributed by atoms with Crippen molar-refractivity contribution in [3.05, 3.63) is 24.3 Å². The number of carboxylic acids is 1. The molecule has 2 amide bonds. The Bertz CT molecular complexity index is 497. The highest BCUT2D eigenvalue weighted by atomic mass is 16.5. The number of carbonyl (C=O) groups excluding carboxylic acids is 1. The van der Waals surface area contributed by atoms with E-state index in [0.717, 1.165) is 6.92 Å². The third-order valence-electron chi connectivity index (χ3n) is 2.54. The van der Waals surface area contributed by atoms with Gasteiger partial charge < -0.3 is 25.6 Å². The van der Waals surface area contributed by atoms with E-state index in [1.807, 2.05) is 13.8 Å². The number of amides is 2. The lowest BCUT2D eigenvalue weighted by Gasteiger charge is -2.18. The molecule has 1 atom stereocenters. The molecule has 0 aliphatic heterocycles. The van der Waals surface area contributed by atoms with E-state index >= 15 is 0 Å². The monoisotopic (exact) mass is 296 g/mol. The molecule has 1 aromatic rings. The fraction of sp³-hybridized carbons (Fsp3) is 0.429. The molecular weight excluding hydrogens is 276 g/mol. The molecule has 0 radical (unpaired) electrons. The Balaban J connectivity index is 2.50. The number of rotatable bonds is 6. The first-order valence-electron chi connectivity index (χ1n) is 6.48. The highest BCUT2D eigenvalue weighted by molar-refractivity contribution is 5.90. The summed E-state index contributed by atoms with van der Waals surface area (Å²) in [4.78, 5) is 22.3. The van der Waals surface area contributed by atoms with Gasteiger partial charge >= 0.3 is 12.0 Å². The number of urea groups is 1. The predicted octanol–water partition coefficient (Wildman–Crippen LogP) is 1.43. The van der Waals surface area contributed by atoms with E-state index in [2.05, 4.69) is 10.6 Å². The summed E-state index contributed by atoms with van der Waals surface area (Å²) in [5.41, 5.74) is -1.48. The van der Waals surface area contributed by atoms with Crippen LogP contribution in [-0.2, 0) is 4.79 Å². The maximum Gasteiger partial charge on any atom is 0.337 e. The number of ether oxygens (including phenoxy) is 1. The molecule has 0 heterocycles. The number of carboxylic acid groups (broad SMARTS) is 1. The van der Waals surface area contributed by atoms with Crippen LogP contribution in [0.4, 0.5) is 10.5 Å². The summed E-state index contributed by atoms with van der Waals surface area (Å²) < 4.78 is 5.47. The molecule has 116 valence electrons. The zero-order valence-electron chi connectivity index (χ0n) is 12.2. The number of hydrogen-bond acceptors (Lipinski definition) is 4. The second-order valence-electron chi connectivity index (χ2n) is 5.08. The molecule has 0 saturated heterocycles. The number of carbonyl (C=O) groups is 2. The van der Waals surface area contributed by atoms with Crippen LogP contribution >= 0.6 is 0 Å². The summed E-state index contributed by atoms with van der Waals surface area (Å²) in [6.07, 6.45) is 0.0605. The van der Waals surface area contributed by atoms with Gasteiger partial charge in [0.15, 0.2) is 5.60 Å². The van der Waals surface area contributed by atoms with E-state index < -0.39 is 24.1 Å². The Morgan fingerprint density at radius 2 is 1.86 bits per heavy atom. The Morgan fingerprint density at radius 1 is 1.29 bits per heavy atom. The van der Waals surface area contributed by atoms with Crippen molar-refractivity contribution >= 4 is 17.7 Å². The van der Waals surface area contributed by atoms with Gasteiger partial charge in [-0.3, -0.25) is 0 Å². The van der Waals surface area contributed by atoms with Crippen LogP contribution in [0, 0.1) is 0 Å². The van der Waals surface area contributed by atoms with Gasteiger partial charge in [-0.05, 0) is 45.0 Å². The zero-order valence-corrected chi connectivity index (χ0v) is 12.2. The number of anilines is 1. The van der Waals surface area contributed by atoms with Crippen molar-refractivity contribution in [2.75, 3.05) is 11.9 Å². The van der Waals surface area contributed by atoms with Crippen molar-refractivity contribution in [3.63, 3.8) is 0 Å². The Hall–Kier alpha value is -2.28. The van der Waals surface area contributed by atoms with Gasteiger partial charge in [0, 0.05) is 5.69 Å². The highest BCUT2D eigenvalue weighted by Crippen LogP contribution is 2.16. The molecule has 0 saturated carbocycles. The first-order valence-corrected chi connectivity index (χ1v) is 6.48. The van der Waals surface area contributed by atoms with Crippen LogP contribution in [0.1, 0.15) is 20.8 Å². The highest BCUT2D eigenvalue weighted by Gasteiger charge is 2.30. The molecule has 21 heavy (non-hydrogen) atoms. The SMILES string of the molecule is CC(C)Oc1ccc(NC(=O)NCC(C)(O)C(=O)O)cc1. The van der Waals surface area contributed by atoms with Gasteiger partial charge in [0.25, 0.3) is 0 Å². The minimum absolute atomic E-state index is 0.0605. The first-order chi connectivity index (χ1) is 9.70. The molecule has 1 unspecified atom stereocenters. The van der Waals surface area contributed by atoms with Gasteiger partial charge in [-0.1, -0.05) is 0 Å². The molecule has 0 aliphatic carbocycles. The standard InChI is InChI=1S/C14H20N2O5/c1-9(2)21-11-6-4-10(5-7-11)16-13(19)15-8-14(3,20)12(17)18/h4-7,9,20H,8H2,1-3H3,(H,17,18)(H2,15,16,19). The number of hydrogen-bond donors (Lipinski definition) is 4. The third kappa shape index (κ3) is 5.70. The van der Waals surface area contributed by atoms with Crippen LogP contribution in [0.3, 0.4) is 0 Å². The van der Waals surface area contributed by atoms with E-state index in [9.17, 15) is 14.7 Å². The normalized spacial score (nSPS) is 13.4. The summed E-state index contributed by atoms with van der Waals surface area (Å²) >= 11 is 0. The fourth-order valence-electron chi connectivity index (χ4n) is 1.39. The van der Waals surface area contributed by atoms with Gasteiger partial charge in [-0.25, -0.2) is 9.59 Å². The number of benzene rings is 1. The number of aliphatic hydroxyl groups is 1. The average Bonchev–Trinajstić information content (AvgIpc) is 2.38. The molecule has 4 N–H and O–H groups in total. The van der Waals surface area contributed by atoms with E-state index in [4.69, 9.17) is 9.84 Å². The fourth-order valence-corrected chi connectivity index (χ4v) is 1.39. The lowest BCUT2D eigenvalue weighted by molar-refractivity contribution is -0.155. The number of aliphatic carboxylic acids is 1. The van der Waals surface area contributed by atoms with E-state index in [1.165, 1.54) is 0 Å². The predicted molar refractivity (Wildman–Crippen MR) is 77.5 cm³/mol. The average molecular weight is 296 g/mol. The second kappa shape index (κ2) is 6.94. The molecule has 0 bridgehead atoms. The third-order valence-corrected chi connectivity index (χ3v) is 2.54. The van der Waals surface area contributed by atoms with Crippen molar-refractivity contribution in [2.24, 2.45) is 0 Å². The molecule has 0 spiro atoms. The molecule has 7 nitrogen and oxygen atoms in total. The van der Waals surface area contributed by atoms with Gasteiger partial charge in [0.1, 0.15) is 5.75 Å². The molecule has 0 aliphatic rings. The maximum absolute atomic E-state index is 11.6. The molecule has 1 rings (SSSR count). The Labute approximate surface area is 122 Å². The summed E-state index contributed by atoms with van der Waals surface area (Å²) in [5.74, 6) is -0.720. The molecule has 7 heteroatoms. The minimum Gasteiger partial charge on any atom is -0.491 e. The lowest BCUT2D eigenvalue weighted by Crippen LogP contribution is -2.47. The van der Waals surface area contributed by atoms with Crippen molar-refractivity contribution < 1.29 is 24.5 Å². The second-order valence-corrected chi connectivity index (χ2v) is 5.08. The topological polar surface area (TPSA) is 108 Å². The van der Waals surface area contributed by atoms with Gasteiger partial charge in [0.2, 0.25) is 0 Å². The quantitative estimate of drug-likeness (QED) is 0.635. The van der Waals surface area contributed by atoms with Crippen molar-refractivity contribution in [1.29, 1.82) is 0 Å². The van der Waals surface area contributed by atoms with Gasteiger partial charge in [0.05, 0.1) is 12.6 Å². The van der Waals surface area contributed by atoms with Crippen LogP contribution < -0.4 is 15.4 Å². The smallest absolute Gasteiger partial charge is 0.337 e.